The van der Waals surface area contributed by atoms with E-state index in [2.05, 4.69) is 9.97 Å². The number of phenols is 1. The Balaban J connectivity index is 2.29. The molecule has 118 valence electrons. The first-order valence-corrected chi connectivity index (χ1v) is 7.41. The van der Waals surface area contributed by atoms with Crippen molar-refractivity contribution in [2.75, 3.05) is 7.11 Å². The Morgan fingerprint density at radius 3 is 2.65 bits per heavy atom. The third-order valence-electron chi connectivity index (χ3n) is 3.85. The highest BCUT2D eigenvalue weighted by Gasteiger charge is 2.16. The van der Waals surface area contributed by atoms with Gasteiger partial charge in [0.2, 0.25) is 0 Å². The highest BCUT2D eigenvalue weighted by atomic mass is 16.5. The van der Waals surface area contributed by atoms with Crippen molar-refractivity contribution in [1.29, 1.82) is 0 Å². The minimum Gasteiger partial charge on any atom is -0.504 e. The highest BCUT2D eigenvalue weighted by Crippen LogP contribution is 2.38. The van der Waals surface area contributed by atoms with E-state index in [0.29, 0.717) is 28.0 Å². The predicted molar refractivity (Wildman–Crippen MR) is 90.1 cm³/mol. The number of aromatic nitrogens is 2. The van der Waals surface area contributed by atoms with E-state index in [1.807, 2.05) is 26.0 Å². The fourth-order valence-electron chi connectivity index (χ4n) is 2.51. The quantitative estimate of drug-likeness (QED) is 0.777. The molecule has 0 aliphatic heterocycles. The topological polar surface area (TPSA) is 75.2 Å². The molecule has 0 saturated heterocycles. The number of phenolic OH excluding ortho intramolecular Hbond substituents is 1. The molecule has 1 heterocycles. The van der Waals surface area contributed by atoms with Crippen molar-refractivity contribution in [2.45, 2.75) is 19.8 Å². The van der Waals surface area contributed by atoms with Crippen molar-refractivity contribution < 1.29 is 9.84 Å². The summed E-state index contributed by atoms with van der Waals surface area (Å²) in [5.74, 6) is 0.903. The minimum atomic E-state index is -0.237. The molecule has 2 N–H and O–H groups in total. The molecule has 0 bridgehead atoms. The van der Waals surface area contributed by atoms with E-state index >= 15 is 0 Å². The number of nitrogens with zero attached hydrogens (tertiary/aromatic N) is 1. The second kappa shape index (κ2) is 5.76. The summed E-state index contributed by atoms with van der Waals surface area (Å²) in [5, 5.41) is 10.9. The second-order valence-corrected chi connectivity index (χ2v) is 5.71. The van der Waals surface area contributed by atoms with Gasteiger partial charge < -0.3 is 14.8 Å². The largest absolute Gasteiger partial charge is 0.504 e. The van der Waals surface area contributed by atoms with Crippen molar-refractivity contribution >= 4 is 10.9 Å². The minimum absolute atomic E-state index is 0.0321. The SMILES string of the molecule is COc1cc(C(C)C)cc(-c2nc3ccccc3c(=O)[nH]2)c1O. The fourth-order valence-corrected chi connectivity index (χ4v) is 2.51. The number of rotatable bonds is 3. The molecule has 0 aliphatic rings. The van der Waals surface area contributed by atoms with Gasteiger partial charge in [0, 0.05) is 0 Å². The van der Waals surface area contributed by atoms with Gasteiger partial charge in [-0.2, -0.15) is 0 Å². The lowest BCUT2D eigenvalue weighted by Crippen LogP contribution is -2.09. The Morgan fingerprint density at radius 1 is 1.22 bits per heavy atom. The third kappa shape index (κ3) is 2.65. The van der Waals surface area contributed by atoms with Gasteiger partial charge >= 0.3 is 0 Å². The van der Waals surface area contributed by atoms with Gasteiger partial charge in [-0.1, -0.05) is 26.0 Å². The van der Waals surface area contributed by atoms with Gasteiger partial charge in [0.1, 0.15) is 5.82 Å². The molecule has 0 amide bonds. The zero-order chi connectivity index (χ0) is 16.6. The van der Waals surface area contributed by atoms with Crippen LogP contribution in [0.5, 0.6) is 11.5 Å². The van der Waals surface area contributed by atoms with Crippen LogP contribution in [0.4, 0.5) is 0 Å². The predicted octanol–water partition coefficient (Wildman–Crippen LogP) is 3.43. The molecular weight excluding hydrogens is 292 g/mol. The van der Waals surface area contributed by atoms with E-state index in [0.717, 1.165) is 5.56 Å². The summed E-state index contributed by atoms with van der Waals surface area (Å²) in [6.07, 6.45) is 0. The van der Waals surface area contributed by atoms with Gasteiger partial charge in [-0.3, -0.25) is 4.79 Å². The number of fused-ring (bicyclic) bond motifs is 1. The number of aromatic hydroxyl groups is 1. The van der Waals surface area contributed by atoms with Gasteiger partial charge in [-0.25, -0.2) is 4.98 Å². The molecule has 1 aromatic heterocycles. The number of methoxy groups -OCH3 is 1. The Kier molecular flexibility index (Phi) is 3.78. The Morgan fingerprint density at radius 2 is 1.96 bits per heavy atom. The maximum atomic E-state index is 12.2. The van der Waals surface area contributed by atoms with Gasteiger partial charge in [0.05, 0.1) is 23.6 Å². The normalized spacial score (nSPS) is 11.1. The molecule has 0 radical (unpaired) electrons. The van der Waals surface area contributed by atoms with Crippen LogP contribution in [0.15, 0.2) is 41.2 Å². The molecule has 5 heteroatoms. The number of nitrogens with one attached hydrogen (secondary N) is 1. The van der Waals surface area contributed by atoms with Crippen LogP contribution in [0.25, 0.3) is 22.3 Å². The second-order valence-electron chi connectivity index (χ2n) is 5.71. The van der Waals surface area contributed by atoms with Crippen molar-refractivity contribution in [3.05, 3.63) is 52.3 Å². The zero-order valence-corrected chi connectivity index (χ0v) is 13.3. The lowest BCUT2D eigenvalue weighted by molar-refractivity contribution is 0.373. The van der Waals surface area contributed by atoms with Crippen molar-refractivity contribution in [3.8, 4) is 22.9 Å². The average Bonchev–Trinajstić information content (AvgIpc) is 2.54. The first-order valence-electron chi connectivity index (χ1n) is 7.41. The van der Waals surface area contributed by atoms with Crippen LogP contribution in [0, 0.1) is 0 Å². The van der Waals surface area contributed by atoms with Crippen LogP contribution >= 0.6 is 0 Å². The molecule has 5 nitrogen and oxygen atoms in total. The highest BCUT2D eigenvalue weighted by molar-refractivity contribution is 5.80. The molecule has 0 aliphatic carbocycles. The Bertz CT molecular complexity index is 929. The molecule has 3 rings (SSSR count). The number of aromatic amines is 1. The summed E-state index contributed by atoms with van der Waals surface area (Å²) >= 11 is 0. The molecule has 0 spiro atoms. The number of benzene rings is 2. The van der Waals surface area contributed by atoms with E-state index < -0.39 is 0 Å². The van der Waals surface area contributed by atoms with E-state index in [4.69, 9.17) is 4.74 Å². The van der Waals surface area contributed by atoms with Crippen LogP contribution in [-0.2, 0) is 0 Å². The van der Waals surface area contributed by atoms with Gasteiger partial charge in [0.25, 0.3) is 5.56 Å². The van der Waals surface area contributed by atoms with Crippen LogP contribution in [-0.4, -0.2) is 22.2 Å². The van der Waals surface area contributed by atoms with Crippen LogP contribution in [0.3, 0.4) is 0 Å². The number of ether oxygens (including phenoxy) is 1. The average molecular weight is 310 g/mol. The summed E-state index contributed by atoms with van der Waals surface area (Å²) in [6.45, 7) is 4.10. The number of hydrogen-bond acceptors (Lipinski definition) is 4. The van der Waals surface area contributed by atoms with E-state index in [1.54, 1.807) is 24.3 Å². The van der Waals surface area contributed by atoms with E-state index in [-0.39, 0.29) is 17.2 Å². The van der Waals surface area contributed by atoms with Gasteiger partial charge in [0.15, 0.2) is 11.5 Å². The summed E-state index contributed by atoms with van der Waals surface area (Å²) < 4.78 is 5.25. The monoisotopic (exact) mass is 310 g/mol. The molecule has 0 unspecified atom stereocenters. The number of para-hydroxylation sites is 1. The first kappa shape index (κ1) is 15.1. The van der Waals surface area contributed by atoms with Crippen molar-refractivity contribution in [1.82, 2.24) is 9.97 Å². The Hall–Kier alpha value is -2.82. The zero-order valence-electron chi connectivity index (χ0n) is 13.3. The maximum Gasteiger partial charge on any atom is 0.259 e. The smallest absolute Gasteiger partial charge is 0.259 e. The lowest BCUT2D eigenvalue weighted by Gasteiger charge is -2.14. The van der Waals surface area contributed by atoms with Crippen molar-refractivity contribution in [2.24, 2.45) is 0 Å². The van der Waals surface area contributed by atoms with Crippen molar-refractivity contribution in [3.63, 3.8) is 0 Å². The van der Waals surface area contributed by atoms with Gasteiger partial charge in [-0.05, 0) is 35.7 Å². The standard InChI is InChI=1S/C18H18N2O3/c1-10(2)11-8-13(16(21)15(9-11)23-3)17-19-14-7-5-4-6-12(14)18(22)20-17/h4-10,21H,1-3H3,(H,19,20,22). The summed E-state index contributed by atoms with van der Waals surface area (Å²) in [7, 11) is 1.50. The van der Waals surface area contributed by atoms with E-state index in [9.17, 15) is 9.90 Å². The molecule has 0 fully saturated rings. The number of hydrogen-bond donors (Lipinski definition) is 2. The van der Waals surface area contributed by atoms with Crippen LogP contribution < -0.4 is 10.3 Å². The maximum absolute atomic E-state index is 12.2. The third-order valence-corrected chi connectivity index (χ3v) is 3.85. The molecule has 3 aromatic rings. The fraction of sp³-hybridized carbons (Fsp3) is 0.222. The summed E-state index contributed by atoms with van der Waals surface area (Å²) in [4.78, 5) is 19.5. The number of H-pyrrole nitrogens is 1. The molecule has 2 aromatic carbocycles. The summed E-state index contributed by atoms with van der Waals surface area (Å²) in [5.41, 5.74) is 1.79. The first-order chi connectivity index (χ1) is 11.0. The Labute approximate surface area is 133 Å². The lowest BCUT2D eigenvalue weighted by atomic mass is 9.99. The van der Waals surface area contributed by atoms with Gasteiger partial charge in [-0.15, -0.1) is 0 Å². The molecule has 0 atom stereocenters. The molecule has 23 heavy (non-hydrogen) atoms. The summed E-state index contributed by atoms with van der Waals surface area (Å²) in [6, 6.07) is 10.7. The molecular formula is C18H18N2O3. The van der Waals surface area contributed by atoms with E-state index in [1.165, 1.54) is 7.11 Å². The van der Waals surface area contributed by atoms with Crippen LogP contribution in [0.1, 0.15) is 25.3 Å². The van der Waals surface area contributed by atoms with Crippen LogP contribution in [0.2, 0.25) is 0 Å². The molecule has 0 saturated carbocycles.